The van der Waals surface area contributed by atoms with Gasteiger partial charge >= 0.3 is 0 Å². The molecule has 2 heterocycles. The van der Waals surface area contributed by atoms with Crippen molar-refractivity contribution < 1.29 is 5.11 Å². The quantitative estimate of drug-likeness (QED) is 0.476. The number of aliphatic hydroxyl groups is 1. The number of H-pyrrole nitrogens is 1. The van der Waals surface area contributed by atoms with Crippen LogP contribution in [-0.4, -0.2) is 43.4 Å². The molecule has 3 aromatic rings. The minimum absolute atomic E-state index is 0.0788. The van der Waals surface area contributed by atoms with Crippen molar-refractivity contribution in [3.63, 3.8) is 0 Å². The number of aromatic nitrogens is 4. The molecule has 156 valence electrons. The predicted octanol–water partition coefficient (Wildman–Crippen LogP) is 3.86. The van der Waals surface area contributed by atoms with Gasteiger partial charge in [0.05, 0.1) is 18.5 Å². The Bertz CT molecular complexity index is 1000. The molecule has 4 rings (SSSR count). The highest BCUT2D eigenvalue weighted by atomic mass is 35.5. The van der Waals surface area contributed by atoms with Crippen LogP contribution in [0.15, 0.2) is 59.4 Å². The highest BCUT2D eigenvalue weighted by molar-refractivity contribution is 6.29. The molecule has 0 radical (unpaired) electrons. The summed E-state index contributed by atoms with van der Waals surface area (Å²) in [7, 11) is 0. The molecule has 30 heavy (non-hydrogen) atoms. The molecule has 0 spiro atoms. The number of nitrogens with one attached hydrogen (secondary N) is 2. The van der Waals surface area contributed by atoms with E-state index in [4.69, 9.17) is 11.6 Å². The summed E-state index contributed by atoms with van der Waals surface area (Å²) in [5.74, 6) is 0.573. The molecule has 0 saturated heterocycles. The lowest BCUT2D eigenvalue weighted by atomic mass is 9.98. The van der Waals surface area contributed by atoms with Crippen molar-refractivity contribution in [3.8, 4) is 22.5 Å². The van der Waals surface area contributed by atoms with E-state index in [1.807, 2.05) is 18.2 Å². The smallest absolute Gasteiger partial charge is 0.205 e. The molecule has 0 bridgehead atoms. The van der Waals surface area contributed by atoms with Gasteiger partial charge in [-0.3, -0.25) is 0 Å². The number of nitrogens with zero attached hydrogens (tertiary/aromatic N) is 4. The highest BCUT2D eigenvalue weighted by Crippen LogP contribution is 2.31. The van der Waals surface area contributed by atoms with Gasteiger partial charge in [-0.15, -0.1) is 10.2 Å². The average molecular weight is 425 g/mol. The summed E-state index contributed by atoms with van der Waals surface area (Å²) in [4.78, 5) is 2.17. The van der Waals surface area contributed by atoms with E-state index < -0.39 is 0 Å². The number of tetrazole rings is 1. The molecule has 0 aliphatic carbocycles. The average Bonchev–Trinajstić information content (AvgIpc) is 3.41. The van der Waals surface area contributed by atoms with Crippen molar-refractivity contribution in [2.75, 3.05) is 6.61 Å². The molecule has 1 aliphatic heterocycles. The number of benzene rings is 2. The maximum absolute atomic E-state index is 9.80. The molecule has 8 heteroatoms. The molecule has 3 N–H and O–H groups in total. The third-order valence-corrected chi connectivity index (χ3v) is 5.71. The fraction of sp³-hybridized carbons (Fsp3) is 0.318. The van der Waals surface area contributed by atoms with Gasteiger partial charge < -0.3 is 15.3 Å². The Morgan fingerprint density at radius 3 is 2.53 bits per heavy atom. The van der Waals surface area contributed by atoms with Gasteiger partial charge in [-0.2, -0.15) is 5.21 Å². The zero-order valence-corrected chi connectivity index (χ0v) is 17.6. The van der Waals surface area contributed by atoms with Crippen LogP contribution in [0.1, 0.15) is 31.7 Å². The van der Waals surface area contributed by atoms with Crippen molar-refractivity contribution >= 4 is 11.6 Å². The summed E-state index contributed by atoms with van der Waals surface area (Å²) < 4.78 is 0. The van der Waals surface area contributed by atoms with E-state index in [2.05, 4.69) is 68.1 Å². The van der Waals surface area contributed by atoms with Crippen molar-refractivity contribution in [2.24, 2.45) is 0 Å². The third kappa shape index (κ3) is 4.17. The maximum atomic E-state index is 9.80. The zero-order chi connectivity index (χ0) is 20.9. The second kappa shape index (κ2) is 9.28. The Balaban J connectivity index is 1.56. The second-order valence-electron chi connectivity index (χ2n) is 7.33. The Labute approximate surface area is 180 Å². The largest absolute Gasteiger partial charge is 0.390 e. The Hall–Kier alpha value is -2.90. The van der Waals surface area contributed by atoms with Crippen LogP contribution < -0.4 is 5.32 Å². The number of unbranched alkanes of at least 4 members (excludes halogenated alkanes) is 1. The third-order valence-electron chi connectivity index (χ3n) is 5.38. The second-order valence-corrected chi connectivity index (χ2v) is 7.70. The Kier molecular flexibility index (Phi) is 6.30. The number of aliphatic hydroxyl groups excluding tert-OH is 1. The van der Waals surface area contributed by atoms with Gasteiger partial charge in [-0.05, 0) is 34.7 Å². The van der Waals surface area contributed by atoms with Gasteiger partial charge in [0.15, 0.2) is 0 Å². The molecular weight excluding hydrogens is 400 g/mol. The van der Waals surface area contributed by atoms with Gasteiger partial charge in [0.25, 0.3) is 0 Å². The van der Waals surface area contributed by atoms with Crippen molar-refractivity contribution in [3.05, 3.63) is 64.9 Å². The molecule has 0 saturated carbocycles. The van der Waals surface area contributed by atoms with Gasteiger partial charge in [0, 0.05) is 12.1 Å². The van der Waals surface area contributed by atoms with Gasteiger partial charge in [0.1, 0.15) is 5.16 Å². The van der Waals surface area contributed by atoms with Crippen LogP contribution in [-0.2, 0) is 6.54 Å². The minimum Gasteiger partial charge on any atom is -0.390 e. The van der Waals surface area contributed by atoms with Gasteiger partial charge in [-0.25, -0.2) is 0 Å². The number of halogens is 1. The fourth-order valence-electron chi connectivity index (χ4n) is 3.81. The number of hydrogen-bond donors (Lipinski definition) is 3. The molecule has 1 aromatic heterocycles. The monoisotopic (exact) mass is 424 g/mol. The van der Waals surface area contributed by atoms with E-state index >= 15 is 0 Å². The van der Waals surface area contributed by atoms with Crippen LogP contribution in [0.25, 0.3) is 22.5 Å². The summed E-state index contributed by atoms with van der Waals surface area (Å²) >= 11 is 6.33. The Morgan fingerprint density at radius 1 is 1.10 bits per heavy atom. The predicted molar refractivity (Wildman–Crippen MR) is 117 cm³/mol. The number of rotatable bonds is 8. The zero-order valence-electron chi connectivity index (χ0n) is 16.8. The minimum atomic E-state index is -0.0788. The molecule has 2 aromatic carbocycles. The standard InChI is InChI=1S/C22H25ClN6O/c1-2-3-8-20-24-21(23)19(14-30)29(20)13-15-9-11-16(12-10-15)17-6-4-5-7-18(17)22-25-27-28-26-22/h4-7,9-12,20,24,30H,2-3,8,13-14H2,1H3,(H,25,26,27,28)/t20-/m1/s1. The SMILES string of the molecule is CCCC[C@@H]1NC(Cl)=C(CO)N1Cc1ccc(-c2ccccc2-c2nn[nH]n2)cc1. The lowest BCUT2D eigenvalue weighted by molar-refractivity contribution is 0.197. The van der Waals surface area contributed by atoms with Crippen LogP contribution in [0.3, 0.4) is 0 Å². The highest BCUT2D eigenvalue weighted by Gasteiger charge is 2.29. The number of aromatic amines is 1. The van der Waals surface area contributed by atoms with Crippen LogP contribution in [0, 0.1) is 0 Å². The van der Waals surface area contributed by atoms with Crippen LogP contribution >= 0.6 is 11.6 Å². The van der Waals surface area contributed by atoms with E-state index in [9.17, 15) is 5.11 Å². The Morgan fingerprint density at radius 2 is 1.87 bits per heavy atom. The van der Waals surface area contributed by atoms with E-state index in [0.717, 1.165) is 47.2 Å². The summed E-state index contributed by atoms with van der Waals surface area (Å²) in [6.07, 6.45) is 3.31. The number of hydrogen-bond acceptors (Lipinski definition) is 6. The first kappa shape index (κ1) is 20.4. The van der Waals surface area contributed by atoms with E-state index in [1.54, 1.807) is 0 Å². The fourth-order valence-corrected chi connectivity index (χ4v) is 4.10. The summed E-state index contributed by atoms with van der Waals surface area (Å²) in [6.45, 7) is 2.78. The van der Waals surface area contributed by atoms with Crippen LogP contribution in [0.4, 0.5) is 0 Å². The summed E-state index contributed by atoms with van der Waals surface area (Å²) in [5.41, 5.74) is 4.96. The molecule has 0 amide bonds. The van der Waals surface area contributed by atoms with Crippen molar-refractivity contribution in [2.45, 2.75) is 38.9 Å². The lowest BCUT2D eigenvalue weighted by Crippen LogP contribution is -2.37. The van der Waals surface area contributed by atoms with Gasteiger partial charge in [0.2, 0.25) is 5.82 Å². The topological polar surface area (TPSA) is 90.0 Å². The first-order chi connectivity index (χ1) is 14.7. The van der Waals surface area contributed by atoms with E-state index in [-0.39, 0.29) is 12.8 Å². The van der Waals surface area contributed by atoms with Gasteiger partial charge in [-0.1, -0.05) is 73.5 Å². The van der Waals surface area contributed by atoms with Crippen molar-refractivity contribution in [1.29, 1.82) is 0 Å². The van der Waals surface area contributed by atoms with Crippen LogP contribution in [0.2, 0.25) is 0 Å². The van der Waals surface area contributed by atoms with Crippen LogP contribution in [0.5, 0.6) is 0 Å². The molecule has 1 atom stereocenters. The normalized spacial score (nSPS) is 16.2. The summed E-state index contributed by atoms with van der Waals surface area (Å²) in [6, 6.07) is 16.4. The first-order valence-electron chi connectivity index (χ1n) is 10.2. The molecular formula is C22H25ClN6O. The molecule has 1 aliphatic rings. The summed E-state index contributed by atoms with van der Waals surface area (Å²) in [5, 5.41) is 28.1. The molecule has 0 unspecified atom stereocenters. The molecule has 0 fully saturated rings. The van der Waals surface area contributed by atoms with Crippen molar-refractivity contribution in [1.82, 2.24) is 30.8 Å². The van der Waals surface area contributed by atoms with E-state index in [0.29, 0.717) is 17.5 Å². The molecule has 7 nitrogen and oxygen atoms in total. The lowest BCUT2D eigenvalue weighted by Gasteiger charge is -2.28. The van der Waals surface area contributed by atoms with E-state index in [1.165, 1.54) is 0 Å². The first-order valence-corrected chi connectivity index (χ1v) is 10.5. The maximum Gasteiger partial charge on any atom is 0.205 e.